The molecule has 1 rings (SSSR count). The van der Waals surface area contributed by atoms with Gasteiger partial charge >= 0.3 is 0 Å². The molecule has 20 heavy (non-hydrogen) atoms. The van der Waals surface area contributed by atoms with Crippen LogP contribution in [-0.2, 0) is 0 Å². The monoisotopic (exact) mass is 276 g/mol. The summed E-state index contributed by atoms with van der Waals surface area (Å²) in [6.45, 7) is 9.55. The van der Waals surface area contributed by atoms with Crippen LogP contribution in [0.2, 0.25) is 0 Å². The van der Waals surface area contributed by atoms with Gasteiger partial charge in [0.2, 0.25) is 0 Å². The van der Waals surface area contributed by atoms with E-state index in [9.17, 15) is 4.79 Å². The number of anilines is 1. The summed E-state index contributed by atoms with van der Waals surface area (Å²) in [7, 11) is 3.94. The third kappa shape index (κ3) is 4.26. The Morgan fingerprint density at radius 1 is 1.10 bits per heavy atom. The summed E-state index contributed by atoms with van der Waals surface area (Å²) < 4.78 is 0. The lowest BCUT2D eigenvalue weighted by Crippen LogP contribution is -2.35. The van der Waals surface area contributed by atoms with E-state index in [1.165, 1.54) is 0 Å². The van der Waals surface area contributed by atoms with Crippen LogP contribution in [-0.4, -0.2) is 37.5 Å². The Hall–Kier alpha value is -1.51. The van der Waals surface area contributed by atoms with E-state index in [1.54, 1.807) is 0 Å². The molecule has 0 radical (unpaired) electrons. The molecular formula is C17H28N2O. The molecule has 1 aromatic carbocycles. The summed E-state index contributed by atoms with van der Waals surface area (Å²) in [4.78, 5) is 16.4. The summed E-state index contributed by atoms with van der Waals surface area (Å²) in [6.07, 6.45) is 1.03. The van der Waals surface area contributed by atoms with E-state index in [0.717, 1.165) is 24.2 Å². The van der Waals surface area contributed by atoms with Gasteiger partial charge in [0.25, 0.3) is 5.91 Å². The second-order valence-electron chi connectivity index (χ2n) is 5.96. The Labute approximate surface area is 123 Å². The average molecular weight is 276 g/mol. The van der Waals surface area contributed by atoms with Crippen LogP contribution >= 0.6 is 0 Å². The maximum Gasteiger partial charge on any atom is 0.253 e. The molecule has 0 spiro atoms. The lowest BCUT2D eigenvalue weighted by molar-refractivity contribution is 0.0728. The van der Waals surface area contributed by atoms with Crippen LogP contribution in [0.4, 0.5) is 5.69 Å². The molecule has 1 aromatic rings. The second-order valence-corrected chi connectivity index (χ2v) is 5.96. The van der Waals surface area contributed by atoms with E-state index < -0.39 is 0 Å². The number of benzene rings is 1. The Bertz CT molecular complexity index is 425. The zero-order chi connectivity index (χ0) is 15.3. The van der Waals surface area contributed by atoms with Crippen molar-refractivity contribution in [1.29, 1.82) is 0 Å². The number of nitrogens with zero attached hydrogens (tertiary/aromatic N) is 2. The fraction of sp³-hybridized carbons (Fsp3) is 0.588. The fourth-order valence-corrected chi connectivity index (χ4v) is 2.29. The number of carbonyl (C=O) groups is 1. The van der Waals surface area contributed by atoms with Crippen LogP contribution in [0.25, 0.3) is 0 Å². The zero-order valence-electron chi connectivity index (χ0n) is 13.7. The van der Waals surface area contributed by atoms with Crippen LogP contribution in [0.15, 0.2) is 24.3 Å². The third-order valence-electron chi connectivity index (χ3n) is 3.82. The lowest BCUT2D eigenvalue weighted by Gasteiger charge is -2.26. The molecule has 0 aliphatic rings. The van der Waals surface area contributed by atoms with Crippen molar-refractivity contribution in [3.63, 3.8) is 0 Å². The minimum absolute atomic E-state index is 0.101. The van der Waals surface area contributed by atoms with Gasteiger partial charge in [0, 0.05) is 37.9 Å². The largest absolute Gasteiger partial charge is 0.375 e. The first-order chi connectivity index (χ1) is 9.36. The summed E-state index contributed by atoms with van der Waals surface area (Å²) in [6, 6.07) is 8.13. The summed E-state index contributed by atoms with van der Waals surface area (Å²) in [5, 5.41) is 0. The standard InChI is InChI=1S/C17H28N2O/c1-7-18(5)16-10-8-15(9-11-16)17(20)19(6)14(4)12-13(2)3/h8-11,13-14H,7,12H2,1-6H3. The number of amides is 1. The molecule has 1 amide bonds. The first kappa shape index (κ1) is 16.5. The summed E-state index contributed by atoms with van der Waals surface area (Å²) in [5.41, 5.74) is 1.90. The smallest absolute Gasteiger partial charge is 0.253 e. The van der Waals surface area contributed by atoms with Gasteiger partial charge in [-0.3, -0.25) is 4.79 Å². The van der Waals surface area contributed by atoms with Gasteiger partial charge in [-0.15, -0.1) is 0 Å². The highest BCUT2D eigenvalue weighted by Gasteiger charge is 2.18. The molecule has 0 aliphatic heterocycles. The van der Waals surface area contributed by atoms with E-state index in [2.05, 4.69) is 32.6 Å². The number of rotatable bonds is 6. The average Bonchev–Trinajstić information content (AvgIpc) is 2.44. The quantitative estimate of drug-likeness (QED) is 0.792. The first-order valence-electron chi connectivity index (χ1n) is 7.45. The summed E-state index contributed by atoms with van der Waals surface area (Å²) in [5.74, 6) is 0.699. The van der Waals surface area contributed by atoms with E-state index in [0.29, 0.717) is 5.92 Å². The molecule has 0 fully saturated rings. The van der Waals surface area contributed by atoms with Gasteiger partial charge < -0.3 is 9.80 Å². The van der Waals surface area contributed by atoms with E-state index in [4.69, 9.17) is 0 Å². The van der Waals surface area contributed by atoms with E-state index in [1.807, 2.05) is 43.3 Å². The Morgan fingerprint density at radius 3 is 2.10 bits per heavy atom. The third-order valence-corrected chi connectivity index (χ3v) is 3.82. The highest BCUT2D eigenvalue weighted by molar-refractivity contribution is 5.94. The fourth-order valence-electron chi connectivity index (χ4n) is 2.29. The normalized spacial score (nSPS) is 12.3. The number of carbonyl (C=O) groups excluding carboxylic acids is 1. The molecule has 3 nitrogen and oxygen atoms in total. The van der Waals surface area contributed by atoms with Crippen LogP contribution in [0.5, 0.6) is 0 Å². The van der Waals surface area contributed by atoms with Crippen molar-refractivity contribution >= 4 is 11.6 Å². The minimum Gasteiger partial charge on any atom is -0.375 e. The van der Waals surface area contributed by atoms with Crippen molar-refractivity contribution in [1.82, 2.24) is 4.90 Å². The molecule has 112 valence electrons. The molecule has 0 saturated carbocycles. The topological polar surface area (TPSA) is 23.6 Å². The van der Waals surface area contributed by atoms with Crippen LogP contribution in [0.3, 0.4) is 0 Å². The van der Waals surface area contributed by atoms with Gasteiger partial charge in [0.15, 0.2) is 0 Å². The van der Waals surface area contributed by atoms with Crippen LogP contribution in [0.1, 0.15) is 44.5 Å². The Balaban J connectivity index is 2.76. The molecule has 0 aliphatic carbocycles. The zero-order valence-corrected chi connectivity index (χ0v) is 13.7. The van der Waals surface area contributed by atoms with Gasteiger partial charge in [0.1, 0.15) is 0 Å². The SMILES string of the molecule is CCN(C)c1ccc(C(=O)N(C)C(C)CC(C)C)cc1. The molecule has 1 atom stereocenters. The van der Waals surface area contributed by atoms with Crippen LogP contribution in [0, 0.1) is 5.92 Å². The predicted octanol–water partition coefficient (Wildman–Crippen LogP) is 3.65. The minimum atomic E-state index is 0.101. The van der Waals surface area contributed by atoms with E-state index in [-0.39, 0.29) is 11.9 Å². The van der Waals surface area contributed by atoms with Gasteiger partial charge in [-0.2, -0.15) is 0 Å². The van der Waals surface area contributed by atoms with Gasteiger partial charge in [-0.25, -0.2) is 0 Å². The molecule has 0 N–H and O–H groups in total. The number of hydrogen-bond acceptors (Lipinski definition) is 2. The van der Waals surface area contributed by atoms with Crippen LogP contribution < -0.4 is 4.90 Å². The molecule has 3 heteroatoms. The van der Waals surface area contributed by atoms with Crippen molar-refractivity contribution in [2.24, 2.45) is 5.92 Å². The lowest BCUT2D eigenvalue weighted by atomic mass is 10.0. The first-order valence-corrected chi connectivity index (χ1v) is 7.45. The maximum absolute atomic E-state index is 12.4. The van der Waals surface area contributed by atoms with Crippen molar-refractivity contribution in [2.45, 2.75) is 40.2 Å². The molecule has 0 aromatic heterocycles. The summed E-state index contributed by atoms with van der Waals surface area (Å²) >= 11 is 0. The molecule has 0 heterocycles. The molecule has 0 bridgehead atoms. The Kier molecular flexibility index (Phi) is 6.05. The Morgan fingerprint density at radius 2 is 1.65 bits per heavy atom. The van der Waals surface area contributed by atoms with Crippen molar-refractivity contribution < 1.29 is 4.79 Å². The molecule has 0 saturated heterocycles. The van der Waals surface area contributed by atoms with Crippen molar-refractivity contribution in [2.75, 3.05) is 25.5 Å². The van der Waals surface area contributed by atoms with Gasteiger partial charge in [-0.05, 0) is 50.5 Å². The molecule has 1 unspecified atom stereocenters. The molecular weight excluding hydrogens is 248 g/mol. The number of hydrogen-bond donors (Lipinski definition) is 0. The van der Waals surface area contributed by atoms with Crippen molar-refractivity contribution in [3.8, 4) is 0 Å². The van der Waals surface area contributed by atoms with Gasteiger partial charge in [0.05, 0.1) is 0 Å². The highest BCUT2D eigenvalue weighted by atomic mass is 16.2. The second kappa shape index (κ2) is 7.32. The van der Waals surface area contributed by atoms with Gasteiger partial charge in [-0.1, -0.05) is 13.8 Å². The van der Waals surface area contributed by atoms with E-state index >= 15 is 0 Å². The van der Waals surface area contributed by atoms with Crippen molar-refractivity contribution in [3.05, 3.63) is 29.8 Å². The predicted molar refractivity (Wildman–Crippen MR) is 86.4 cm³/mol. The highest BCUT2D eigenvalue weighted by Crippen LogP contribution is 2.17. The maximum atomic E-state index is 12.4.